The van der Waals surface area contributed by atoms with E-state index in [2.05, 4.69) is 15.6 Å². The average Bonchev–Trinajstić information content (AvgIpc) is 2.93. The van der Waals surface area contributed by atoms with E-state index in [-0.39, 0.29) is 17.5 Å². The molecule has 0 aliphatic carbocycles. The molecule has 28 heavy (non-hydrogen) atoms. The summed E-state index contributed by atoms with van der Waals surface area (Å²) in [5, 5.41) is 5.74. The van der Waals surface area contributed by atoms with Crippen molar-refractivity contribution in [1.82, 2.24) is 14.9 Å². The van der Waals surface area contributed by atoms with Crippen LogP contribution in [0.25, 0.3) is 11.0 Å². The number of H-pyrrole nitrogens is 1. The van der Waals surface area contributed by atoms with Crippen molar-refractivity contribution in [3.8, 4) is 0 Å². The number of nitrogens with one attached hydrogen (secondary N) is 3. The molecule has 1 heterocycles. The Bertz CT molecular complexity index is 1080. The minimum absolute atomic E-state index is 0.0265. The van der Waals surface area contributed by atoms with Gasteiger partial charge in [0.05, 0.1) is 11.0 Å². The average molecular weight is 380 g/mol. The van der Waals surface area contributed by atoms with Gasteiger partial charge in [-0.3, -0.25) is 14.2 Å². The maximum Gasteiger partial charge on any atom is 0.326 e. The number of nitrogens with zero attached hydrogens (tertiary/aromatic N) is 1. The van der Waals surface area contributed by atoms with Gasteiger partial charge in [0.1, 0.15) is 0 Å². The molecule has 0 saturated heterocycles. The predicted octanol–water partition coefficient (Wildman–Crippen LogP) is 2.78. The third-order valence-electron chi connectivity index (χ3n) is 4.42. The zero-order valence-corrected chi connectivity index (χ0v) is 16.2. The molecule has 0 saturated carbocycles. The molecule has 0 atom stereocenters. The first kappa shape index (κ1) is 19.4. The summed E-state index contributed by atoms with van der Waals surface area (Å²) in [4.78, 5) is 38.8. The van der Waals surface area contributed by atoms with Crippen molar-refractivity contribution in [3.05, 3.63) is 64.1 Å². The van der Waals surface area contributed by atoms with Crippen molar-refractivity contribution in [2.75, 3.05) is 5.32 Å². The van der Waals surface area contributed by atoms with Gasteiger partial charge in [-0.15, -0.1) is 0 Å². The van der Waals surface area contributed by atoms with Crippen LogP contribution in [0.15, 0.2) is 47.3 Å². The van der Waals surface area contributed by atoms with Crippen LogP contribution in [0.4, 0.5) is 5.69 Å². The Balaban J connectivity index is 1.65. The number of carbonyl (C=O) groups is 2. The van der Waals surface area contributed by atoms with Crippen molar-refractivity contribution < 1.29 is 9.59 Å². The molecule has 0 spiro atoms. The summed E-state index contributed by atoms with van der Waals surface area (Å²) in [5.41, 5.74) is 3.20. The zero-order chi connectivity index (χ0) is 20.3. The summed E-state index contributed by atoms with van der Waals surface area (Å²) in [7, 11) is 1.67. The van der Waals surface area contributed by atoms with Crippen LogP contribution in [0, 0.1) is 5.92 Å². The fraction of sp³-hybridized carbons (Fsp3) is 0.286. The summed E-state index contributed by atoms with van der Waals surface area (Å²) in [6.07, 6.45) is 0.463. The fourth-order valence-corrected chi connectivity index (χ4v) is 3.00. The molecule has 0 aliphatic heterocycles. The second-order valence-corrected chi connectivity index (χ2v) is 7.25. The number of rotatable bonds is 6. The summed E-state index contributed by atoms with van der Waals surface area (Å²) >= 11 is 0. The van der Waals surface area contributed by atoms with E-state index in [0.717, 1.165) is 11.1 Å². The molecular formula is C21H24N4O3. The molecule has 3 N–H and O–H groups in total. The van der Waals surface area contributed by atoms with Crippen LogP contribution in [0.1, 0.15) is 36.2 Å². The highest BCUT2D eigenvalue weighted by atomic mass is 16.2. The monoisotopic (exact) mass is 380 g/mol. The Kier molecular flexibility index (Phi) is 5.63. The molecule has 0 fully saturated rings. The highest BCUT2D eigenvalue weighted by Gasteiger charge is 2.10. The standard InChI is InChI=1S/C21H24N4O3/c1-13(2)9-19(26)23-16-6-4-5-14(10-16)12-22-20(27)15-7-8-18-17(11-15)24-21(28)25(18)3/h4-8,10-11,13H,9,12H2,1-3H3,(H,22,27)(H,23,26)(H,24,28). The summed E-state index contributed by atoms with van der Waals surface area (Å²) in [5.74, 6) is 0.0292. The molecule has 146 valence electrons. The van der Waals surface area contributed by atoms with Crippen molar-refractivity contribution in [3.63, 3.8) is 0 Å². The SMILES string of the molecule is CC(C)CC(=O)Nc1cccc(CNC(=O)c2ccc3c(c2)[nH]c(=O)n3C)c1. The van der Waals surface area contributed by atoms with E-state index < -0.39 is 0 Å². The van der Waals surface area contributed by atoms with Crippen LogP contribution in [0.5, 0.6) is 0 Å². The van der Waals surface area contributed by atoms with E-state index in [1.54, 1.807) is 25.2 Å². The van der Waals surface area contributed by atoms with Crippen molar-refractivity contribution in [2.24, 2.45) is 13.0 Å². The largest absolute Gasteiger partial charge is 0.348 e. The first-order chi connectivity index (χ1) is 13.3. The minimum Gasteiger partial charge on any atom is -0.348 e. The second-order valence-electron chi connectivity index (χ2n) is 7.25. The highest BCUT2D eigenvalue weighted by molar-refractivity contribution is 5.97. The van der Waals surface area contributed by atoms with E-state index in [0.29, 0.717) is 35.7 Å². The maximum atomic E-state index is 12.5. The predicted molar refractivity (Wildman–Crippen MR) is 109 cm³/mol. The Labute approximate surface area is 162 Å². The Morgan fingerprint density at radius 3 is 2.68 bits per heavy atom. The lowest BCUT2D eigenvalue weighted by atomic mass is 10.1. The Morgan fingerprint density at radius 1 is 1.14 bits per heavy atom. The van der Waals surface area contributed by atoms with E-state index in [1.165, 1.54) is 4.57 Å². The van der Waals surface area contributed by atoms with Gasteiger partial charge in [-0.1, -0.05) is 26.0 Å². The summed E-state index contributed by atoms with van der Waals surface area (Å²) in [6.45, 7) is 4.32. The van der Waals surface area contributed by atoms with Gasteiger partial charge in [-0.25, -0.2) is 4.79 Å². The first-order valence-electron chi connectivity index (χ1n) is 9.19. The second kappa shape index (κ2) is 8.12. The third kappa shape index (κ3) is 4.49. The van der Waals surface area contributed by atoms with Gasteiger partial charge in [0.2, 0.25) is 5.91 Å². The first-order valence-corrected chi connectivity index (χ1v) is 9.19. The minimum atomic E-state index is -0.235. The van der Waals surface area contributed by atoms with Gasteiger partial charge < -0.3 is 15.6 Å². The van der Waals surface area contributed by atoms with E-state index >= 15 is 0 Å². The van der Waals surface area contributed by atoms with E-state index in [9.17, 15) is 14.4 Å². The molecule has 0 unspecified atom stereocenters. The Hall–Kier alpha value is -3.35. The number of amides is 2. The number of aromatic amines is 1. The molecule has 7 nitrogen and oxygen atoms in total. The van der Waals surface area contributed by atoms with Gasteiger partial charge in [0.15, 0.2) is 0 Å². The normalized spacial score (nSPS) is 11.0. The van der Waals surface area contributed by atoms with Crippen LogP contribution in [0.3, 0.4) is 0 Å². The molecule has 7 heteroatoms. The van der Waals surface area contributed by atoms with Crippen LogP contribution in [-0.4, -0.2) is 21.4 Å². The van der Waals surface area contributed by atoms with Crippen molar-refractivity contribution in [1.29, 1.82) is 0 Å². The molecule has 3 aromatic rings. The summed E-state index contributed by atoms with van der Waals surface area (Å²) < 4.78 is 1.50. The number of hydrogen-bond acceptors (Lipinski definition) is 3. The van der Waals surface area contributed by atoms with Crippen molar-refractivity contribution >= 4 is 28.5 Å². The number of fused-ring (bicyclic) bond motifs is 1. The number of aromatic nitrogens is 2. The van der Waals surface area contributed by atoms with Crippen LogP contribution in [-0.2, 0) is 18.4 Å². The van der Waals surface area contributed by atoms with Gasteiger partial charge in [0.25, 0.3) is 5.91 Å². The topological polar surface area (TPSA) is 96.0 Å². The molecule has 0 aliphatic rings. The molecule has 2 aromatic carbocycles. The number of imidazole rings is 1. The van der Waals surface area contributed by atoms with Crippen LogP contribution >= 0.6 is 0 Å². The third-order valence-corrected chi connectivity index (χ3v) is 4.42. The number of carbonyl (C=O) groups excluding carboxylic acids is 2. The van der Waals surface area contributed by atoms with Crippen LogP contribution < -0.4 is 16.3 Å². The number of anilines is 1. The van der Waals surface area contributed by atoms with Gasteiger partial charge >= 0.3 is 5.69 Å². The van der Waals surface area contributed by atoms with Crippen molar-refractivity contribution in [2.45, 2.75) is 26.8 Å². The number of aryl methyl sites for hydroxylation is 1. The highest BCUT2D eigenvalue weighted by Crippen LogP contribution is 2.14. The van der Waals surface area contributed by atoms with E-state index in [4.69, 9.17) is 0 Å². The molecule has 0 radical (unpaired) electrons. The lowest BCUT2D eigenvalue weighted by Gasteiger charge is -2.10. The van der Waals surface area contributed by atoms with Gasteiger partial charge in [-0.05, 0) is 41.8 Å². The quantitative estimate of drug-likeness (QED) is 0.613. The molecule has 0 bridgehead atoms. The molecular weight excluding hydrogens is 356 g/mol. The van der Waals surface area contributed by atoms with Gasteiger partial charge in [0, 0.05) is 31.3 Å². The smallest absolute Gasteiger partial charge is 0.326 e. The van der Waals surface area contributed by atoms with Gasteiger partial charge in [-0.2, -0.15) is 0 Å². The lowest BCUT2D eigenvalue weighted by Crippen LogP contribution is -2.22. The Morgan fingerprint density at radius 2 is 1.93 bits per heavy atom. The number of hydrogen-bond donors (Lipinski definition) is 3. The number of benzene rings is 2. The fourth-order valence-electron chi connectivity index (χ4n) is 3.00. The zero-order valence-electron chi connectivity index (χ0n) is 16.2. The molecule has 1 aromatic heterocycles. The maximum absolute atomic E-state index is 12.5. The summed E-state index contributed by atoms with van der Waals surface area (Å²) in [6, 6.07) is 12.5. The molecule has 3 rings (SSSR count). The van der Waals surface area contributed by atoms with Crippen LogP contribution in [0.2, 0.25) is 0 Å². The van der Waals surface area contributed by atoms with E-state index in [1.807, 2.05) is 38.1 Å². The lowest BCUT2D eigenvalue weighted by molar-refractivity contribution is -0.116. The molecule has 2 amide bonds.